The molecule has 0 unspecified atom stereocenters. The zero-order chi connectivity index (χ0) is 12.7. The van der Waals surface area contributed by atoms with Crippen LogP contribution in [0.4, 0.5) is 5.69 Å². The molecule has 3 nitrogen and oxygen atoms in total. The largest absolute Gasteiger partial charge is 0.436 e. The van der Waals surface area contributed by atoms with Crippen LogP contribution in [0.15, 0.2) is 40.8 Å². The standard InChI is InChI=1S/C13H8Cl2N2O/c14-7-4-5-8(9(15)6-7)13-17-12-10(16)2-1-3-11(12)18-13/h1-6H,16H2. The fourth-order valence-corrected chi connectivity index (χ4v) is 2.24. The van der Waals surface area contributed by atoms with Crippen LogP contribution in [0, 0.1) is 0 Å². The third-order valence-electron chi connectivity index (χ3n) is 2.61. The van der Waals surface area contributed by atoms with E-state index in [2.05, 4.69) is 4.98 Å². The number of rotatable bonds is 1. The minimum atomic E-state index is 0.435. The average molecular weight is 279 g/mol. The first kappa shape index (κ1) is 11.4. The van der Waals surface area contributed by atoms with E-state index >= 15 is 0 Å². The van der Waals surface area contributed by atoms with Crippen molar-refractivity contribution >= 4 is 40.0 Å². The molecular weight excluding hydrogens is 271 g/mol. The van der Waals surface area contributed by atoms with Gasteiger partial charge in [0, 0.05) is 5.02 Å². The van der Waals surface area contributed by atoms with Crippen LogP contribution in [0.25, 0.3) is 22.6 Å². The highest BCUT2D eigenvalue weighted by atomic mass is 35.5. The lowest BCUT2D eigenvalue weighted by molar-refractivity contribution is 0.620. The summed E-state index contributed by atoms with van der Waals surface area (Å²) >= 11 is 12.0. The molecule has 0 aliphatic heterocycles. The number of nitrogens with two attached hydrogens (primary N) is 1. The summed E-state index contributed by atoms with van der Waals surface area (Å²) in [5, 5.41) is 1.06. The van der Waals surface area contributed by atoms with Crippen molar-refractivity contribution < 1.29 is 4.42 Å². The zero-order valence-corrected chi connectivity index (χ0v) is 10.7. The monoisotopic (exact) mass is 278 g/mol. The molecular formula is C13H8Cl2N2O. The highest BCUT2D eigenvalue weighted by Gasteiger charge is 2.13. The lowest BCUT2D eigenvalue weighted by atomic mass is 10.2. The molecule has 0 saturated carbocycles. The quantitative estimate of drug-likeness (QED) is 0.672. The van der Waals surface area contributed by atoms with E-state index in [1.165, 1.54) is 0 Å². The van der Waals surface area contributed by atoms with Crippen LogP contribution < -0.4 is 5.73 Å². The summed E-state index contributed by atoms with van der Waals surface area (Å²) in [6, 6.07) is 10.6. The van der Waals surface area contributed by atoms with Crippen molar-refractivity contribution in [2.75, 3.05) is 5.73 Å². The van der Waals surface area contributed by atoms with E-state index in [0.717, 1.165) is 0 Å². The van der Waals surface area contributed by atoms with Crippen molar-refractivity contribution in [3.05, 3.63) is 46.4 Å². The maximum absolute atomic E-state index is 6.12. The fourth-order valence-electron chi connectivity index (χ4n) is 1.75. The maximum atomic E-state index is 6.12. The van der Waals surface area contributed by atoms with Gasteiger partial charge in [-0.2, -0.15) is 0 Å². The van der Waals surface area contributed by atoms with Crippen LogP contribution in [-0.4, -0.2) is 4.98 Å². The van der Waals surface area contributed by atoms with Gasteiger partial charge in [0.2, 0.25) is 5.89 Å². The molecule has 0 aliphatic rings. The van der Waals surface area contributed by atoms with Crippen molar-refractivity contribution in [3.63, 3.8) is 0 Å². The first-order valence-corrected chi connectivity index (χ1v) is 6.01. The molecule has 0 atom stereocenters. The minimum Gasteiger partial charge on any atom is -0.436 e. The van der Waals surface area contributed by atoms with E-state index in [0.29, 0.717) is 38.3 Å². The van der Waals surface area contributed by atoms with Gasteiger partial charge in [-0.25, -0.2) is 4.98 Å². The number of nitrogens with zero attached hydrogens (tertiary/aromatic N) is 1. The Morgan fingerprint density at radius 2 is 1.94 bits per heavy atom. The van der Waals surface area contributed by atoms with Crippen LogP contribution in [0.1, 0.15) is 0 Å². The maximum Gasteiger partial charge on any atom is 0.228 e. The molecule has 5 heteroatoms. The van der Waals surface area contributed by atoms with E-state index in [9.17, 15) is 0 Å². The highest BCUT2D eigenvalue weighted by molar-refractivity contribution is 6.36. The summed E-state index contributed by atoms with van der Waals surface area (Å²) in [5.41, 5.74) is 8.37. The van der Waals surface area contributed by atoms with E-state index < -0.39 is 0 Å². The second kappa shape index (κ2) is 4.19. The van der Waals surface area contributed by atoms with Gasteiger partial charge in [-0.3, -0.25) is 0 Å². The summed E-state index contributed by atoms with van der Waals surface area (Å²) in [6.07, 6.45) is 0. The van der Waals surface area contributed by atoms with Gasteiger partial charge in [-0.1, -0.05) is 29.3 Å². The Labute approximate surface area is 113 Å². The summed E-state index contributed by atoms with van der Waals surface area (Å²) in [5.74, 6) is 0.435. The average Bonchev–Trinajstić information content (AvgIpc) is 2.74. The summed E-state index contributed by atoms with van der Waals surface area (Å²) < 4.78 is 5.64. The Morgan fingerprint density at radius 3 is 2.67 bits per heavy atom. The number of aromatic nitrogens is 1. The minimum absolute atomic E-state index is 0.435. The van der Waals surface area contributed by atoms with Crippen molar-refractivity contribution in [3.8, 4) is 11.5 Å². The Balaban J connectivity index is 2.23. The number of hydrogen-bond donors (Lipinski definition) is 1. The molecule has 18 heavy (non-hydrogen) atoms. The van der Waals surface area contributed by atoms with Gasteiger partial charge >= 0.3 is 0 Å². The first-order valence-electron chi connectivity index (χ1n) is 5.25. The topological polar surface area (TPSA) is 52.0 Å². The Kier molecular flexibility index (Phi) is 2.65. The molecule has 2 aromatic carbocycles. The van der Waals surface area contributed by atoms with Gasteiger partial charge < -0.3 is 10.2 Å². The number of nitrogen functional groups attached to an aromatic ring is 1. The molecule has 1 aromatic heterocycles. The lowest BCUT2D eigenvalue weighted by Gasteiger charge is -1.99. The molecule has 0 fully saturated rings. The molecule has 3 rings (SSSR count). The zero-order valence-electron chi connectivity index (χ0n) is 9.15. The van der Waals surface area contributed by atoms with Crippen molar-refractivity contribution in [1.29, 1.82) is 0 Å². The van der Waals surface area contributed by atoms with E-state index in [1.54, 1.807) is 24.3 Å². The third kappa shape index (κ3) is 1.82. The predicted octanol–water partition coefficient (Wildman–Crippen LogP) is 4.38. The second-order valence-electron chi connectivity index (χ2n) is 3.84. The van der Waals surface area contributed by atoms with Gasteiger partial charge in [0.1, 0.15) is 5.52 Å². The number of benzene rings is 2. The Bertz CT molecular complexity index is 737. The highest BCUT2D eigenvalue weighted by Crippen LogP contribution is 2.33. The fraction of sp³-hybridized carbons (Fsp3) is 0. The van der Waals surface area contributed by atoms with E-state index in [-0.39, 0.29) is 0 Å². The molecule has 0 bridgehead atoms. The molecule has 90 valence electrons. The van der Waals surface area contributed by atoms with E-state index in [4.69, 9.17) is 33.4 Å². The number of fused-ring (bicyclic) bond motifs is 1. The van der Waals surface area contributed by atoms with Gasteiger partial charge in [0.25, 0.3) is 0 Å². The van der Waals surface area contributed by atoms with Crippen LogP contribution in [-0.2, 0) is 0 Å². The van der Waals surface area contributed by atoms with Crippen LogP contribution >= 0.6 is 23.2 Å². The smallest absolute Gasteiger partial charge is 0.228 e. The van der Waals surface area contributed by atoms with Crippen LogP contribution in [0.3, 0.4) is 0 Å². The summed E-state index contributed by atoms with van der Waals surface area (Å²) in [6.45, 7) is 0. The van der Waals surface area contributed by atoms with E-state index in [1.807, 2.05) is 12.1 Å². The predicted molar refractivity (Wildman–Crippen MR) is 73.9 cm³/mol. The van der Waals surface area contributed by atoms with Crippen LogP contribution in [0.5, 0.6) is 0 Å². The van der Waals surface area contributed by atoms with Crippen molar-refractivity contribution in [2.24, 2.45) is 0 Å². The molecule has 0 spiro atoms. The third-order valence-corrected chi connectivity index (χ3v) is 3.16. The molecule has 2 N–H and O–H groups in total. The van der Waals surface area contributed by atoms with Gasteiger partial charge in [-0.15, -0.1) is 0 Å². The number of hydrogen-bond acceptors (Lipinski definition) is 3. The number of para-hydroxylation sites is 1. The Morgan fingerprint density at radius 1 is 1.11 bits per heavy atom. The molecule has 0 amide bonds. The van der Waals surface area contributed by atoms with Gasteiger partial charge in [0.05, 0.1) is 16.3 Å². The normalized spacial score (nSPS) is 11.0. The summed E-state index contributed by atoms with van der Waals surface area (Å²) in [7, 11) is 0. The Hall–Kier alpha value is -1.71. The number of oxazole rings is 1. The molecule has 0 saturated heterocycles. The molecule has 1 heterocycles. The lowest BCUT2D eigenvalue weighted by Crippen LogP contribution is -1.85. The number of anilines is 1. The van der Waals surface area contributed by atoms with Gasteiger partial charge in [0.15, 0.2) is 5.58 Å². The SMILES string of the molecule is Nc1cccc2oc(-c3ccc(Cl)cc3Cl)nc12. The number of halogens is 2. The molecule has 0 aliphatic carbocycles. The van der Waals surface area contributed by atoms with Gasteiger partial charge in [-0.05, 0) is 30.3 Å². The van der Waals surface area contributed by atoms with Crippen molar-refractivity contribution in [2.45, 2.75) is 0 Å². The first-order chi connectivity index (χ1) is 8.65. The summed E-state index contributed by atoms with van der Waals surface area (Å²) in [4.78, 5) is 4.35. The van der Waals surface area contributed by atoms with Crippen molar-refractivity contribution in [1.82, 2.24) is 4.98 Å². The second-order valence-corrected chi connectivity index (χ2v) is 4.68. The van der Waals surface area contributed by atoms with Crippen LogP contribution in [0.2, 0.25) is 10.0 Å². The molecule has 3 aromatic rings. The molecule has 0 radical (unpaired) electrons.